The molecule has 0 aliphatic carbocycles. The molecule has 0 aromatic heterocycles. The van der Waals surface area contributed by atoms with Crippen molar-refractivity contribution in [2.24, 2.45) is 5.16 Å². The molecule has 0 spiro atoms. The van der Waals surface area contributed by atoms with E-state index in [9.17, 15) is 13.6 Å². The predicted octanol–water partition coefficient (Wildman–Crippen LogP) is 3.96. The number of rotatable bonds is 7. The highest BCUT2D eigenvalue weighted by molar-refractivity contribution is 6.01. The maximum Gasteiger partial charge on any atom is 0.222 e. The van der Waals surface area contributed by atoms with Crippen molar-refractivity contribution < 1.29 is 18.4 Å². The predicted molar refractivity (Wildman–Crippen MR) is 109 cm³/mol. The Kier molecular flexibility index (Phi) is 6.46. The van der Waals surface area contributed by atoms with E-state index in [2.05, 4.69) is 5.16 Å². The average molecular weight is 401 g/mol. The summed E-state index contributed by atoms with van der Waals surface area (Å²) < 4.78 is 27.2. The molecular formula is C22H25F2N3O2. The van der Waals surface area contributed by atoms with Crippen LogP contribution in [0.2, 0.25) is 0 Å². The van der Waals surface area contributed by atoms with E-state index in [0.29, 0.717) is 6.42 Å². The number of hydrogen-bond acceptors (Lipinski definition) is 4. The second-order valence-corrected chi connectivity index (χ2v) is 7.27. The molecule has 0 saturated carbocycles. The molecule has 2 aromatic carbocycles. The van der Waals surface area contributed by atoms with Crippen molar-refractivity contribution in [2.75, 3.05) is 25.5 Å². The number of oxime groups is 1. The van der Waals surface area contributed by atoms with Gasteiger partial charge in [0.25, 0.3) is 0 Å². The van der Waals surface area contributed by atoms with Crippen molar-refractivity contribution in [3.63, 3.8) is 0 Å². The number of halogens is 2. The van der Waals surface area contributed by atoms with Gasteiger partial charge in [0, 0.05) is 50.8 Å². The first-order valence-corrected chi connectivity index (χ1v) is 9.59. The van der Waals surface area contributed by atoms with E-state index in [1.807, 2.05) is 43.3 Å². The van der Waals surface area contributed by atoms with Crippen LogP contribution in [0.3, 0.4) is 0 Å². The summed E-state index contributed by atoms with van der Waals surface area (Å²) in [4.78, 5) is 21.5. The first-order chi connectivity index (χ1) is 13.9. The van der Waals surface area contributed by atoms with E-state index in [4.69, 9.17) is 4.84 Å². The Morgan fingerprint density at radius 2 is 1.90 bits per heavy atom. The van der Waals surface area contributed by atoms with Gasteiger partial charge in [-0.05, 0) is 23.8 Å². The Hall–Kier alpha value is -2.96. The smallest absolute Gasteiger partial charge is 0.222 e. The van der Waals surface area contributed by atoms with Crippen LogP contribution in [0.25, 0.3) is 0 Å². The van der Waals surface area contributed by atoms with E-state index in [1.165, 1.54) is 17.0 Å². The molecule has 1 atom stereocenters. The molecule has 1 amide bonds. The summed E-state index contributed by atoms with van der Waals surface area (Å²) in [7, 11) is 3.95. The van der Waals surface area contributed by atoms with Crippen LogP contribution in [0.4, 0.5) is 14.5 Å². The van der Waals surface area contributed by atoms with Crippen LogP contribution in [-0.2, 0) is 16.2 Å². The topological polar surface area (TPSA) is 45.1 Å². The Labute approximate surface area is 169 Å². The normalized spacial score (nSPS) is 15.6. The molecule has 1 aliphatic rings. The van der Waals surface area contributed by atoms with Crippen molar-refractivity contribution in [3.8, 4) is 0 Å². The van der Waals surface area contributed by atoms with Crippen LogP contribution in [0, 0.1) is 11.6 Å². The molecule has 154 valence electrons. The highest BCUT2D eigenvalue weighted by Crippen LogP contribution is 2.21. The van der Waals surface area contributed by atoms with Gasteiger partial charge in [0.1, 0.15) is 11.6 Å². The lowest BCUT2D eigenvalue weighted by Gasteiger charge is -2.24. The van der Waals surface area contributed by atoms with Crippen molar-refractivity contribution in [2.45, 2.75) is 32.4 Å². The van der Waals surface area contributed by atoms with E-state index in [-0.39, 0.29) is 37.1 Å². The summed E-state index contributed by atoms with van der Waals surface area (Å²) in [6, 6.07) is 11.4. The number of carbonyl (C=O) groups is 1. The van der Waals surface area contributed by atoms with E-state index in [1.54, 1.807) is 6.92 Å². The van der Waals surface area contributed by atoms with Crippen molar-refractivity contribution in [1.82, 2.24) is 4.90 Å². The second kappa shape index (κ2) is 9.03. The SMILES string of the molecule is CCC(=O)N(Cc1ccc(F)cc1F)C[C@H]1CC(c2ccc(N(C)C)cc2)=NO1. The van der Waals surface area contributed by atoms with Crippen LogP contribution in [0.15, 0.2) is 47.6 Å². The third-order valence-corrected chi connectivity index (χ3v) is 4.91. The van der Waals surface area contributed by atoms with Gasteiger partial charge >= 0.3 is 0 Å². The van der Waals surface area contributed by atoms with Gasteiger partial charge in [-0.3, -0.25) is 4.79 Å². The molecule has 0 fully saturated rings. The van der Waals surface area contributed by atoms with Gasteiger partial charge in [0.15, 0.2) is 6.10 Å². The molecule has 7 heteroatoms. The van der Waals surface area contributed by atoms with Crippen LogP contribution in [-0.4, -0.2) is 43.3 Å². The third kappa shape index (κ3) is 5.10. The molecule has 0 N–H and O–H groups in total. The van der Waals surface area contributed by atoms with Gasteiger partial charge in [-0.2, -0.15) is 0 Å². The number of nitrogens with zero attached hydrogens (tertiary/aromatic N) is 3. The second-order valence-electron chi connectivity index (χ2n) is 7.27. The lowest BCUT2D eigenvalue weighted by atomic mass is 10.0. The zero-order valence-corrected chi connectivity index (χ0v) is 16.9. The summed E-state index contributed by atoms with van der Waals surface area (Å²) in [6.07, 6.45) is 0.535. The summed E-state index contributed by atoms with van der Waals surface area (Å²) in [6.45, 7) is 2.10. The molecule has 0 unspecified atom stereocenters. The minimum atomic E-state index is -0.663. The Balaban J connectivity index is 1.66. The molecule has 0 radical (unpaired) electrons. The molecule has 3 rings (SSSR count). The first kappa shape index (κ1) is 20.8. The maximum absolute atomic E-state index is 14.0. The van der Waals surface area contributed by atoms with Gasteiger partial charge < -0.3 is 14.6 Å². The fourth-order valence-corrected chi connectivity index (χ4v) is 3.23. The molecule has 1 heterocycles. The zero-order valence-electron chi connectivity index (χ0n) is 16.9. The molecule has 0 saturated heterocycles. The Morgan fingerprint density at radius 1 is 1.17 bits per heavy atom. The summed E-state index contributed by atoms with van der Waals surface area (Å²) in [5.74, 6) is -1.43. The van der Waals surface area contributed by atoms with Crippen molar-refractivity contribution in [1.29, 1.82) is 0 Å². The average Bonchev–Trinajstić information content (AvgIpc) is 3.17. The van der Waals surface area contributed by atoms with E-state index < -0.39 is 11.6 Å². The fraction of sp³-hybridized carbons (Fsp3) is 0.364. The molecule has 29 heavy (non-hydrogen) atoms. The number of benzene rings is 2. The summed E-state index contributed by atoms with van der Waals surface area (Å²) in [5.41, 5.74) is 3.14. The standard InChI is InChI=1S/C22H25F2N3O2/c1-4-22(28)27(13-16-5-8-17(23)11-20(16)24)14-19-12-21(25-29-19)15-6-9-18(10-7-15)26(2)3/h5-11,19H,4,12-14H2,1-3H3/t19-/m1/s1. The molecule has 2 aromatic rings. The van der Waals surface area contributed by atoms with Crippen LogP contribution < -0.4 is 4.90 Å². The Bertz CT molecular complexity index is 897. The lowest BCUT2D eigenvalue weighted by Crippen LogP contribution is -2.37. The van der Waals surface area contributed by atoms with Gasteiger partial charge in [-0.1, -0.05) is 30.3 Å². The number of amides is 1. The van der Waals surface area contributed by atoms with Gasteiger partial charge in [-0.15, -0.1) is 0 Å². The monoisotopic (exact) mass is 401 g/mol. The Morgan fingerprint density at radius 3 is 2.52 bits per heavy atom. The summed E-state index contributed by atoms with van der Waals surface area (Å²) >= 11 is 0. The molecule has 5 nitrogen and oxygen atoms in total. The molecular weight excluding hydrogens is 376 g/mol. The van der Waals surface area contributed by atoms with E-state index in [0.717, 1.165) is 23.0 Å². The number of hydrogen-bond donors (Lipinski definition) is 0. The summed E-state index contributed by atoms with van der Waals surface area (Å²) in [5, 5.41) is 4.18. The van der Waals surface area contributed by atoms with Crippen LogP contribution in [0.1, 0.15) is 30.9 Å². The fourth-order valence-electron chi connectivity index (χ4n) is 3.23. The van der Waals surface area contributed by atoms with Crippen molar-refractivity contribution >= 4 is 17.3 Å². The number of anilines is 1. The molecule has 1 aliphatic heterocycles. The maximum atomic E-state index is 14.0. The highest BCUT2D eigenvalue weighted by atomic mass is 19.1. The van der Waals surface area contributed by atoms with Gasteiger partial charge in [0.05, 0.1) is 12.3 Å². The number of carbonyl (C=O) groups excluding carboxylic acids is 1. The highest BCUT2D eigenvalue weighted by Gasteiger charge is 2.27. The zero-order chi connectivity index (χ0) is 21.0. The van der Waals surface area contributed by atoms with E-state index >= 15 is 0 Å². The first-order valence-electron chi connectivity index (χ1n) is 9.59. The largest absolute Gasteiger partial charge is 0.390 e. The third-order valence-electron chi connectivity index (χ3n) is 4.91. The molecule has 0 bridgehead atoms. The van der Waals surface area contributed by atoms with Crippen LogP contribution >= 0.6 is 0 Å². The minimum absolute atomic E-state index is 0.0610. The van der Waals surface area contributed by atoms with Crippen molar-refractivity contribution in [3.05, 3.63) is 65.2 Å². The van der Waals surface area contributed by atoms with Crippen LogP contribution in [0.5, 0.6) is 0 Å². The van der Waals surface area contributed by atoms with Gasteiger partial charge in [0.2, 0.25) is 5.91 Å². The quantitative estimate of drug-likeness (QED) is 0.705. The van der Waals surface area contributed by atoms with Gasteiger partial charge in [-0.25, -0.2) is 8.78 Å². The minimum Gasteiger partial charge on any atom is -0.390 e. The lowest BCUT2D eigenvalue weighted by molar-refractivity contribution is -0.133.